The van der Waals surface area contributed by atoms with Crippen molar-refractivity contribution in [3.8, 4) is 0 Å². The summed E-state index contributed by atoms with van der Waals surface area (Å²) >= 11 is 0. The number of β-amino-alcohol motifs (C(OH)–C–C–N with tert-alkyl or cyclic N) is 1. The van der Waals surface area contributed by atoms with E-state index >= 15 is 0 Å². The molecule has 0 bridgehead atoms. The maximum absolute atomic E-state index is 10.3. The average Bonchev–Trinajstić information content (AvgIpc) is 2.95. The maximum Gasteiger partial charge on any atom is 0.147 e. The van der Waals surface area contributed by atoms with Gasteiger partial charge in [0.05, 0.1) is 12.6 Å². The minimum absolute atomic E-state index is 0.257. The smallest absolute Gasteiger partial charge is 0.147 e. The number of nitrogens with zero attached hydrogens (tertiary/aromatic N) is 4. The Labute approximate surface area is 124 Å². The van der Waals surface area contributed by atoms with Crippen molar-refractivity contribution in [2.45, 2.75) is 31.7 Å². The highest BCUT2D eigenvalue weighted by atomic mass is 16.3. The molecule has 0 radical (unpaired) electrons. The lowest BCUT2D eigenvalue weighted by Gasteiger charge is -2.30. The molecule has 6 heteroatoms. The Hall–Kier alpha value is -1.76. The van der Waals surface area contributed by atoms with Gasteiger partial charge in [-0.05, 0) is 12.0 Å². The molecule has 0 spiro atoms. The predicted octanol–water partition coefficient (Wildman–Crippen LogP) is 0.0246. The minimum Gasteiger partial charge on any atom is -0.390 e. The van der Waals surface area contributed by atoms with Gasteiger partial charge in [-0.1, -0.05) is 30.3 Å². The second kappa shape index (κ2) is 6.34. The van der Waals surface area contributed by atoms with Crippen LogP contribution in [0, 0.1) is 0 Å². The van der Waals surface area contributed by atoms with Crippen LogP contribution in [-0.4, -0.2) is 50.0 Å². The average molecular weight is 287 g/mol. The number of rotatable bonds is 5. The summed E-state index contributed by atoms with van der Waals surface area (Å²) in [5.74, 6) is 0.949. The summed E-state index contributed by atoms with van der Waals surface area (Å²) in [6.07, 6.45) is 1.90. The standard InChI is InChI=1S/C15H21N5O/c16-13(8-12-4-2-1-3-5-12)14(21)9-19-6-7-20-11-17-18-15(20)10-19/h1-5,11,13-14,21H,6-10,16H2. The fraction of sp³-hybridized carbons (Fsp3) is 0.467. The highest BCUT2D eigenvalue weighted by Crippen LogP contribution is 2.11. The lowest BCUT2D eigenvalue weighted by atomic mass is 10.0. The topological polar surface area (TPSA) is 80.2 Å². The van der Waals surface area contributed by atoms with Gasteiger partial charge in [-0.3, -0.25) is 4.90 Å². The molecule has 1 aromatic carbocycles. The largest absolute Gasteiger partial charge is 0.390 e. The lowest BCUT2D eigenvalue weighted by molar-refractivity contribution is 0.0775. The molecule has 2 atom stereocenters. The monoisotopic (exact) mass is 287 g/mol. The molecule has 2 heterocycles. The van der Waals surface area contributed by atoms with Crippen LogP contribution in [0.1, 0.15) is 11.4 Å². The molecule has 112 valence electrons. The second-order valence-electron chi connectivity index (χ2n) is 5.60. The van der Waals surface area contributed by atoms with Crippen molar-refractivity contribution in [1.82, 2.24) is 19.7 Å². The third-order valence-electron chi connectivity index (χ3n) is 3.97. The van der Waals surface area contributed by atoms with Crippen LogP contribution in [0.3, 0.4) is 0 Å². The molecular formula is C15H21N5O. The molecule has 2 unspecified atom stereocenters. The predicted molar refractivity (Wildman–Crippen MR) is 79.4 cm³/mol. The Morgan fingerprint density at radius 2 is 2.05 bits per heavy atom. The lowest BCUT2D eigenvalue weighted by Crippen LogP contribution is -2.46. The van der Waals surface area contributed by atoms with E-state index in [0.29, 0.717) is 13.0 Å². The molecule has 1 aliphatic rings. The van der Waals surface area contributed by atoms with Crippen LogP contribution in [0.15, 0.2) is 36.7 Å². The van der Waals surface area contributed by atoms with E-state index in [-0.39, 0.29) is 6.04 Å². The number of hydrogen-bond donors (Lipinski definition) is 2. The third kappa shape index (κ3) is 3.47. The van der Waals surface area contributed by atoms with E-state index in [1.54, 1.807) is 6.33 Å². The first-order valence-electron chi connectivity index (χ1n) is 7.29. The van der Waals surface area contributed by atoms with Crippen LogP contribution in [0.4, 0.5) is 0 Å². The summed E-state index contributed by atoms with van der Waals surface area (Å²) in [7, 11) is 0. The van der Waals surface area contributed by atoms with Crippen molar-refractivity contribution in [3.63, 3.8) is 0 Å². The Morgan fingerprint density at radius 1 is 1.24 bits per heavy atom. The van der Waals surface area contributed by atoms with E-state index < -0.39 is 6.10 Å². The van der Waals surface area contributed by atoms with E-state index in [9.17, 15) is 5.11 Å². The molecule has 0 fully saturated rings. The van der Waals surface area contributed by atoms with Gasteiger partial charge in [-0.15, -0.1) is 10.2 Å². The summed E-state index contributed by atoms with van der Waals surface area (Å²) in [5.41, 5.74) is 7.29. The molecule has 1 aliphatic heterocycles. The Kier molecular flexibility index (Phi) is 4.28. The molecule has 0 saturated heterocycles. The molecule has 2 aromatic rings. The maximum atomic E-state index is 10.3. The fourth-order valence-electron chi connectivity index (χ4n) is 2.69. The number of aliphatic hydroxyl groups is 1. The van der Waals surface area contributed by atoms with Gasteiger partial charge in [0.1, 0.15) is 12.2 Å². The van der Waals surface area contributed by atoms with Crippen molar-refractivity contribution in [2.24, 2.45) is 5.73 Å². The zero-order chi connectivity index (χ0) is 14.7. The molecule has 0 saturated carbocycles. The SMILES string of the molecule is NC(Cc1ccccc1)C(O)CN1CCn2cnnc2C1. The number of benzene rings is 1. The van der Waals surface area contributed by atoms with Gasteiger partial charge in [-0.2, -0.15) is 0 Å². The number of nitrogens with two attached hydrogens (primary N) is 1. The zero-order valence-electron chi connectivity index (χ0n) is 12.0. The van der Waals surface area contributed by atoms with Crippen molar-refractivity contribution < 1.29 is 5.11 Å². The number of aromatic nitrogens is 3. The van der Waals surface area contributed by atoms with Gasteiger partial charge < -0.3 is 15.4 Å². The Balaban J connectivity index is 1.53. The Bertz CT molecular complexity index is 570. The van der Waals surface area contributed by atoms with Crippen molar-refractivity contribution in [2.75, 3.05) is 13.1 Å². The van der Waals surface area contributed by atoms with Crippen LogP contribution in [0.5, 0.6) is 0 Å². The van der Waals surface area contributed by atoms with E-state index in [2.05, 4.69) is 15.1 Å². The Morgan fingerprint density at radius 3 is 2.86 bits per heavy atom. The van der Waals surface area contributed by atoms with Gasteiger partial charge in [0.25, 0.3) is 0 Å². The van der Waals surface area contributed by atoms with Crippen molar-refractivity contribution >= 4 is 0 Å². The molecule has 0 aliphatic carbocycles. The summed E-state index contributed by atoms with van der Waals surface area (Å²) in [6, 6.07) is 9.78. The first-order valence-corrected chi connectivity index (χ1v) is 7.29. The molecular weight excluding hydrogens is 266 g/mol. The summed E-state index contributed by atoms with van der Waals surface area (Å²) in [6.45, 7) is 3.04. The minimum atomic E-state index is -0.542. The van der Waals surface area contributed by atoms with Gasteiger partial charge in [-0.25, -0.2) is 0 Å². The summed E-state index contributed by atoms with van der Waals surface area (Å²) < 4.78 is 2.05. The number of fused-ring (bicyclic) bond motifs is 1. The van der Waals surface area contributed by atoms with Crippen molar-refractivity contribution in [3.05, 3.63) is 48.0 Å². The van der Waals surface area contributed by atoms with Gasteiger partial charge in [0.15, 0.2) is 0 Å². The molecule has 21 heavy (non-hydrogen) atoms. The molecule has 0 amide bonds. The van der Waals surface area contributed by atoms with Crippen LogP contribution in [-0.2, 0) is 19.5 Å². The third-order valence-corrected chi connectivity index (χ3v) is 3.97. The van der Waals surface area contributed by atoms with Gasteiger partial charge in [0.2, 0.25) is 0 Å². The van der Waals surface area contributed by atoms with Crippen LogP contribution in [0.2, 0.25) is 0 Å². The summed E-state index contributed by atoms with van der Waals surface area (Å²) in [5, 5.41) is 18.3. The van der Waals surface area contributed by atoms with Crippen LogP contribution in [0.25, 0.3) is 0 Å². The first kappa shape index (κ1) is 14.2. The van der Waals surface area contributed by atoms with E-state index in [1.165, 1.54) is 0 Å². The number of hydrogen-bond acceptors (Lipinski definition) is 5. The second-order valence-corrected chi connectivity index (χ2v) is 5.60. The van der Waals surface area contributed by atoms with Crippen LogP contribution >= 0.6 is 0 Å². The van der Waals surface area contributed by atoms with Crippen LogP contribution < -0.4 is 5.73 Å². The highest BCUT2D eigenvalue weighted by molar-refractivity contribution is 5.16. The number of aliphatic hydroxyl groups excluding tert-OH is 1. The molecule has 1 aromatic heterocycles. The highest BCUT2D eigenvalue weighted by Gasteiger charge is 2.23. The first-order chi connectivity index (χ1) is 10.2. The molecule has 6 nitrogen and oxygen atoms in total. The molecule has 3 N–H and O–H groups in total. The van der Waals surface area contributed by atoms with Crippen molar-refractivity contribution in [1.29, 1.82) is 0 Å². The normalized spacial score (nSPS) is 18.2. The fourth-order valence-corrected chi connectivity index (χ4v) is 2.69. The van der Waals surface area contributed by atoms with Gasteiger partial charge in [0, 0.05) is 25.7 Å². The van der Waals surface area contributed by atoms with E-state index in [1.807, 2.05) is 34.9 Å². The van der Waals surface area contributed by atoms with Gasteiger partial charge >= 0.3 is 0 Å². The summed E-state index contributed by atoms with van der Waals surface area (Å²) in [4.78, 5) is 2.18. The van der Waals surface area contributed by atoms with E-state index in [0.717, 1.165) is 31.0 Å². The molecule has 3 rings (SSSR count). The zero-order valence-corrected chi connectivity index (χ0v) is 12.0. The van der Waals surface area contributed by atoms with E-state index in [4.69, 9.17) is 5.73 Å². The quantitative estimate of drug-likeness (QED) is 0.810.